The number of ether oxygens (including phenoxy) is 1. The van der Waals surface area contributed by atoms with Crippen molar-refractivity contribution in [1.29, 1.82) is 0 Å². The van der Waals surface area contributed by atoms with Gasteiger partial charge < -0.3 is 21.0 Å². The van der Waals surface area contributed by atoms with E-state index in [0.29, 0.717) is 24.9 Å². The lowest BCUT2D eigenvalue weighted by atomic mass is 9.80. The summed E-state index contributed by atoms with van der Waals surface area (Å²) in [5, 5.41) is 14.4. The van der Waals surface area contributed by atoms with E-state index in [1.807, 2.05) is 13.8 Å². The third-order valence-corrected chi connectivity index (χ3v) is 3.51. The molecule has 1 fully saturated rings. The Kier molecular flexibility index (Phi) is 6.62. The van der Waals surface area contributed by atoms with Gasteiger partial charge in [0.2, 0.25) is 5.91 Å². The number of amides is 1. The van der Waals surface area contributed by atoms with Crippen LogP contribution in [0.3, 0.4) is 0 Å². The van der Waals surface area contributed by atoms with Crippen molar-refractivity contribution in [2.45, 2.75) is 58.1 Å². The van der Waals surface area contributed by atoms with Crippen molar-refractivity contribution < 1.29 is 14.7 Å². The number of rotatable bonds is 8. The molecule has 6 nitrogen and oxygen atoms in total. The first kappa shape index (κ1) is 15.8. The molecule has 4 N–H and O–H groups in total. The van der Waals surface area contributed by atoms with Crippen molar-refractivity contribution in [3.05, 3.63) is 0 Å². The van der Waals surface area contributed by atoms with Crippen LogP contribution in [0.2, 0.25) is 0 Å². The van der Waals surface area contributed by atoms with Crippen LogP contribution in [-0.2, 0) is 9.53 Å². The van der Waals surface area contributed by atoms with E-state index in [1.54, 1.807) is 0 Å². The zero-order valence-corrected chi connectivity index (χ0v) is 11.8. The smallest absolute Gasteiger partial charge is 0.220 e. The fourth-order valence-electron chi connectivity index (χ4n) is 2.35. The van der Waals surface area contributed by atoms with E-state index in [1.165, 1.54) is 0 Å². The van der Waals surface area contributed by atoms with E-state index in [-0.39, 0.29) is 17.8 Å². The van der Waals surface area contributed by atoms with Crippen LogP contribution >= 0.6 is 0 Å². The maximum Gasteiger partial charge on any atom is 0.220 e. The number of oxime groups is 1. The minimum atomic E-state index is -0.0637. The summed E-state index contributed by atoms with van der Waals surface area (Å²) in [4.78, 5) is 11.9. The second-order valence-electron chi connectivity index (χ2n) is 5.09. The van der Waals surface area contributed by atoms with E-state index in [0.717, 1.165) is 25.9 Å². The van der Waals surface area contributed by atoms with Gasteiger partial charge in [0.15, 0.2) is 0 Å². The summed E-state index contributed by atoms with van der Waals surface area (Å²) in [5.74, 6) is 0.614. The maximum absolute atomic E-state index is 11.9. The first-order valence-corrected chi connectivity index (χ1v) is 6.96. The second-order valence-corrected chi connectivity index (χ2v) is 5.09. The molecular formula is C13H25N3O3. The summed E-state index contributed by atoms with van der Waals surface area (Å²) in [6, 6.07) is -0.0637. The van der Waals surface area contributed by atoms with Gasteiger partial charge in [0.1, 0.15) is 5.84 Å². The zero-order valence-electron chi connectivity index (χ0n) is 11.8. The molecule has 1 saturated carbocycles. The van der Waals surface area contributed by atoms with Crippen LogP contribution in [-0.4, -0.2) is 35.7 Å². The van der Waals surface area contributed by atoms with Crippen LogP contribution in [0.25, 0.3) is 0 Å². The van der Waals surface area contributed by atoms with Gasteiger partial charge in [-0.25, -0.2) is 0 Å². The van der Waals surface area contributed by atoms with Crippen molar-refractivity contribution in [3.63, 3.8) is 0 Å². The Labute approximate surface area is 114 Å². The average Bonchev–Trinajstić information content (AvgIpc) is 2.35. The van der Waals surface area contributed by atoms with Gasteiger partial charge in [-0.15, -0.1) is 0 Å². The molecule has 0 radical (unpaired) electrons. The molecule has 1 amide bonds. The summed E-state index contributed by atoms with van der Waals surface area (Å²) >= 11 is 0. The fraction of sp³-hybridized carbons (Fsp3) is 0.846. The third kappa shape index (κ3) is 5.46. The highest BCUT2D eigenvalue weighted by Gasteiger charge is 2.31. The fourth-order valence-corrected chi connectivity index (χ4v) is 2.35. The Hall–Kier alpha value is -1.30. The Balaban J connectivity index is 2.23. The van der Waals surface area contributed by atoms with E-state index in [2.05, 4.69) is 10.5 Å². The molecule has 110 valence electrons. The summed E-state index contributed by atoms with van der Waals surface area (Å²) in [6.07, 6.45) is 3.95. The van der Waals surface area contributed by atoms with Crippen molar-refractivity contribution >= 4 is 11.7 Å². The monoisotopic (exact) mass is 271 g/mol. The van der Waals surface area contributed by atoms with Gasteiger partial charge in [-0.05, 0) is 32.1 Å². The number of hydrogen-bond donors (Lipinski definition) is 3. The largest absolute Gasteiger partial charge is 0.409 e. The average molecular weight is 271 g/mol. The standard InChI is InChI=1S/C13H25N3O3/c1-3-10(8-12(14)16-18)15-13(17)7-9-5-11(6-9)19-4-2/h9-11,18H,3-8H2,1-2H3,(H2,14,16)(H,15,17). The quantitative estimate of drug-likeness (QED) is 0.268. The lowest BCUT2D eigenvalue weighted by molar-refractivity contribution is -0.125. The van der Waals surface area contributed by atoms with Crippen LogP contribution < -0.4 is 11.1 Å². The molecule has 0 aliphatic heterocycles. The lowest BCUT2D eigenvalue weighted by Crippen LogP contribution is -2.40. The number of hydrogen-bond acceptors (Lipinski definition) is 4. The number of nitrogens with zero attached hydrogens (tertiary/aromatic N) is 1. The van der Waals surface area contributed by atoms with Crippen LogP contribution in [0, 0.1) is 5.92 Å². The molecule has 1 atom stereocenters. The van der Waals surface area contributed by atoms with E-state index < -0.39 is 0 Å². The lowest BCUT2D eigenvalue weighted by Gasteiger charge is -2.34. The predicted molar refractivity (Wildman–Crippen MR) is 73.0 cm³/mol. The minimum absolute atomic E-state index is 0.0394. The highest BCUT2D eigenvalue weighted by molar-refractivity contribution is 5.82. The molecule has 0 bridgehead atoms. The molecular weight excluding hydrogens is 246 g/mol. The van der Waals surface area contributed by atoms with Gasteiger partial charge in [-0.3, -0.25) is 4.79 Å². The van der Waals surface area contributed by atoms with Crippen LogP contribution in [0.1, 0.15) is 46.0 Å². The normalized spacial score (nSPS) is 24.6. The molecule has 0 aromatic carbocycles. The SMILES string of the molecule is CCOC1CC(CC(=O)NC(CC)CC(N)=NO)C1. The molecule has 6 heteroatoms. The Bertz CT molecular complexity index is 314. The molecule has 0 aromatic rings. The molecule has 1 unspecified atom stereocenters. The highest BCUT2D eigenvalue weighted by atomic mass is 16.5. The van der Waals surface area contributed by atoms with Crippen molar-refractivity contribution in [1.82, 2.24) is 5.32 Å². The minimum Gasteiger partial charge on any atom is -0.409 e. The summed E-state index contributed by atoms with van der Waals surface area (Å²) in [6.45, 7) is 4.68. The number of nitrogens with two attached hydrogens (primary N) is 1. The van der Waals surface area contributed by atoms with Gasteiger partial charge in [-0.2, -0.15) is 0 Å². The molecule has 0 aromatic heterocycles. The Morgan fingerprint density at radius 3 is 2.74 bits per heavy atom. The van der Waals surface area contributed by atoms with Crippen LogP contribution in [0.15, 0.2) is 5.16 Å². The van der Waals surface area contributed by atoms with Crippen molar-refractivity contribution in [3.8, 4) is 0 Å². The van der Waals surface area contributed by atoms with Crippen molar-refractivity contribution in [2.24, 2.45) is 16.8 Å². The predicted octanol–water partition coefficient (Wildman–Crippen LogP) is 1.22. The Morgan fingerprint density at radius 1 is 1.53 bits per heavy atom. The number of nitrogens with one attached hydrogen (secondary N) is 1. The van der Waals surface area contributed by atoms with Gasteiger partial charge >= 0.3 is 0 Å². The zero-order chi connectivity index (χ0) is 14.3. The first-order chi connectivity index (χ1) is 9.08. The Morgan fingerprint density at radius 2 is 2.21 bits per heavy atom. The van der Waals surface area contributed by atoms with Crippen molar-refractivity contribution in [2.75, 3.05) is 6.61 Å². The third-order valence-electron chi connectivity index (χ3n) is 3.51. The van der Waals surface area contributed by atoms with E-state index in [4.69, 9.17) is 15.7 Å². The van der Waals surface area contributed by atoms with Crippen LogP contribution in [0.5, 0.6) is 0 Å². The van der Waals surface area contributed by atoms with Gasteiger partial charge in [0, 0.05) is 25.5 Å². The maximum atomic E-state index is 11.9. The second kappa shape index (κ2) is 7.99. The molecule has 1 aliphatic rings. The number of carbonyl (C=O) groups excluding carboxylic acids is 1. The topological polar surface area (TPSA) is 96.9 Å². The van der Waals surface area contributed by atoms with Gasteiger partial charge in [-0.1, -0.05) is 12.1 Å². The molecule has 0 heterocycles. The summed E-state index contributed by atoms with van der Waals surface area (Å²) in [5.41, 5.74) is 5.45. The van der Waals surface area contributed by atoms with Crippen LogP contribution in [0.4, 0.5) is 0 Å². The van der Waals surface area contributed by atoms with E-state index >= 15 is 0 Å². The molecule has 1 rings (SSSR count). The van der Waals surface area contributed by atoms with E-state index in [9.17, 15) is 4.79 Å². The molecule has 0 saturated heterocycles. The van der Waals surface area contributed by atoms with Gasteiger partial charge in [0.25, 0.3) is 0 Å². The summed E-state index contributed by atoms with van der Waals surface area (Å²) in [7, 11) is 0. The number of amidine groups is 1. The summed E-state index contributed by atoms with van der Waals surface area (Å²) < 4.78 is 5.47. The highest BCUT2D eigenvalue weighted by Crippen LogP contribution is 2.32. The molecule has 1 aliphatic carbocycles. The molecule has 19 heavy (non-hydrogen) atoms. The van der Waals surface area contributed by atoms with Gasteiger partial charge in [0.05, 0.1) is 6.10 Å². The number of carbonyl (C=O) groups is 1. The molecule has 0 spiro atoms. The first-order valence-electron chi connectivity index (χ1n) is 6.96.